The second-order valence-electron chi connectivity index (χ2n) is 5.21. The SMILES string of the molecule is CN1CCN(c2ccc(Nn3ccccc3=O)nc2)CC1. The van der Waals surface area contributed by atoms with Crippen molar-refractivity contribution in [2.45, 2.75) is 0 Å². The molecule has 0 radical (unpaired) electrons. The summed E-state index contributed by atoms with van der Waals surface area (Å²) in [5.74, 6) is 0.654. The van der Waals surface area contributed by atoms with E-state index >= 15 is 0 Å². The first kappa shape index (κ1) is 13.6. The molecule has 0 spiro atoms. The van der Waals surface area contributed by atoms with Crippen LogP contribution in [0.1, 0.15) is 0 Å². The van der Waals surface area contributed by atoms with Crippen LogP contribution in [0.3, 0.4) is 0 Å². The molecule has 0 aliphatic carbocycles. The highest BCUT2D eigenvalue weighted by Gasteiger charge is 2.14. The van der Waals surface area contributed by atoms with E-state index in [4.69, 9.17) is 0 Å². The summed E-state index contributed by atoms with van der Waals surface area (Å²) in [5, 5.41) is 0. The van der Waals surface area contributed by atoms with Gasteiger partial charge in [0.1, 0.15) is 5.82 Å². The zero-order valence-corrected chi connectivity index (χ0v) is 12.1. The van der Waals surface area contributed by atoms with Crippen molar-refractivity contribution in [2.75, 3.05) is 43.6 Å². The Morgan fingerprint density at radius 3 is 2.57 bits per heavy atom. The van der Waals surface area contributed by atoms with Gasteiger partial charge in [-0.2, -0.15) is 0 Å². The zero-order chi connectivity index (χ0) is 14.7. The minimum absolute atomic E-state index is 0.109. The Hall–Kier alpha value is -2.34. The van der Waals surface area contributed by atoms with E-state index < -0.39 is 0 Å². The fourth-order valence-corrected chi connectivity index (χ4v) is 2.35. The van der Waals surface area contributed by atoms with Crippen LogP contribution >= 0.6 is 0 Å². The average Bonchev–Trinajstić information content (AvgIpc) is 2.51. The lowest BCUT2D eigenvalue weighted by atomic mass is 10.3. The summed E-state index contributed by atoms with van der Waals surface area (Å²) >= 11 is 0. The van der Waals surface area contributed by atoms with E-state index in [2.05, 4.69) is 27.3 Å². The monoisotopic (exact) mass is 285 g/mol. The number of pyridine rings is 2. The molecule has 0 bridgehead atoms. The molecule has 1 saturated heterocycles. The molecule has 3 heterocycles. The third-order valence-corrected chi connectivity index (χ3v) is 3.67. The number of piperazine rings is 1. The van der Waals surface area contributed by atoms with Crippen LogP contribution in [0.25, 0.3) is 0 Å². The molecule has 0 aromatic carbocycles. The van der Waals surface area contributed by atoms with E-state index in [1.165, 1.54) is 10.7 Å². The highest BCUT2D eigenvalue weighted by molar-refractivity contribution is 5.49. The van der Waals surface area contributed by atoms with E-state index in [1.807, 2.05) is 18.3 Å². The molecule has 6 heteroatoms. The molecule has 1 aliphatic heterocycles. The largest absolute Gasteiger partial charge is 0.368 e. The molecule has 2 aromatic rings. The minimum atomic E-state index is -0.109. The van der Waals surface area contributed by atoms with Crippen LogP contribution in [-0.4, -0.2) is 47.8 Å². The molecular formula is C15H19N5O. The predicted octanol–water partition coefficient (Wildman–Crippen LogP) is 0.870. The van der Waals surface area contributed by atoms with Crippen LogP contribution < -0.4 is 15.9 Å². The molecule has 0 saturated carbocycles. The van der Waals surface area contributed by atoms with Crippen LogP contribution in [0.2, 0.25) is 0 Å². The summed E-state index contributed by atoms with van der Waals surface area (Å²) in [6, 6.07) is 8.95. The molecule has 110 valence electrons. The Labute approximate surface area is 123 Å². The minimum Gasteiger partial charge on any atom is -0.368 e. The maximum absolute atomic E-state index is 11.6. The van der Waals surface area contributed by atoms with Gasteiger partial charge in [0.2, 0.25) is 0 Å². The van der Waals surface area contributed by atoms with Crippen molar-refractivity contribution in [2.24, 2.45) is 0 Å². The number of anilines is 2. The molecule has 1 fully saturated rings. The van der Waals surface area contributed by atoms with Crippen molar-refractivity contribution in [3.05, 3.63) is 53.1 Å². The predicted molar refractivity (Wildman–Crippen MR) is 83.7 cm³/mol. The number of hydrogen-bond acceptors (Lipinski definition) is 5. The van der Waals surface area contributed by atoms with Crippen molar-refractivity contribution in [1.82, 2.24) is 14.6 Å². The van der Waals surface area contributed by atoms with E-state index in [0.29, 0.717) is 5.82 Å². The average molecular weight is 285 g/mol. The van der Waals surface area contributed by atoms with Crippen LogP contribution in [0.15, 0.2) is 47.5 Å². The van der Waals surface area contributed by atoms with Crippen LogP contribution in [0, 0.1) is 0 Å². The van der Waals surface area contributed by atoms with Crippen molar-refractivity contribution in [3.8, 4) is 0 Å². The lowest BCUT2D eigenvalue weighted by molar-refractivity contribution is 0.313. The molecule has 21 heavy (non-hydrogen) atoms. The Balaban J connectivity index is 1.70. The highest BCUT2D eigenvalue weighted by atomic mass is 16.1. The number of hydrogen-bond donors (Lipinski definition) is 1. The number of aromatic nitrogens is 2. The summed E-state index contributed by atoms with van der Waals surface area (Å²) in [7, 11) is 2.14. The van der Waals surface area contributed by atoms with E-state index in [-0.39, 0.29) is 5.56 Å². The van der Waals surface area contributed by atoms with Gasteiger partial charge in [0, 0.05) is 38.4 Å². The summed E-state index contributed by atoms with van der Waals surface area (Å²) in [4.78, 5) is 20.7. The second-order valence-corrected chi connectivity index (χ2v) is 5.21. The van der Waals surface area contributed by atoms with Crippen LogP contribution in [-0.2, 0) is 0 Å². The lowest BCUT2D eigenvalue weighted by Crippen LogP contribution is -2.44. The number of rotatable bonds is 3. The van der Waals surface area contributed by atoms with Crippen molar-refractivity contribution >= 4 is 11.5 Å². The number of nitrogens with one attached hydrogen (secondary N) is 1. The van der Waals surface area contributed by atoms with Gasteiger partial charge in [0.15, 0.2) is 0 Å². The first-order chi connectivity index (χ1) is 10.2. The zero-order valence-electron chi connectivity index (χ0n) is 12.1. The van der Waals surface area contributed by atoms with Gasteiger partial charge >= 0.3 is 0 Å². The maximum Gasteiger partial charge on any atom is 0.269 e. The molecule has 1 aliphatic rings. The first-order valence-corrected chi connectivity index (χ1v) is 7.07. The summed E-state index contributed by atoms with van der Waals surface area (Å²) in [5.41, 5.74) is 3.99. The van der Waals surface area contributed by atoms with Gasteiger partial charge < -0.3 is 9.80 Å². The second kappa shape index (κ2) is 5.97. The molecule has 0 atom stereocenters. The van der Waals surface area contributed by atoms with E-state index in [1.54, 1.807) is 18.3 Å². The molecule has 2 aromatic heterocycles. The fourth-order valence-electron chi connectivity index (χ4n) is 2.35. The van der Waals surface area contributed by atoms with Crippen molar-refractivity contribution in [1.29, 1.82) is 0 Å². The van der Waals surface area contributed by atoms with E-state index in [9.17, 15) is 4.79 Å². The van der Waals surface area contributed by atoms with Crippen molar-refractivity contribution in [3.63, 3.8) is 0 Å². The normalized spacial score (nSPS) is 16.0. The lowest BCUT2D eigenvalue weighted by Gasteiger charge is -2.33. The topological polar surface area (TPSA) is 53.4 Å². The van der Waals surface area contributed by atoms with Crippen molar-refractivity contribution < 1.29 is 0 Å². The Bertz CT molecular complexity index is 644. The molecule has 3 rings (SSSR count). The van der Waals surface area contributed by atoms with Gasteiger partial charge in [0.25, 0.3) is 5.56 Å². The first-order valence-electron chi connectivity index (χ1n) is 7.07. The summed E-state index contributed by atoms with van der Waals surface area (Å²) in [6.45, 7) is 4.17. The molecule has 1 N–H and O–H groups in total. The maximum atomic E-state index is 11.6. The third-order valence-electron chi connectivity index (χ3n) is 3.67. The summed E-state index contributed by atoms with van der Waals surface area (Å²) in [6.07, 6.45) is 3.53. The van der Waals surface area contributed by atoms with Gasteiger partial charge in [-0.1, -0.05) is 6.07 Å². The van der Waals surface area contributed by atoms with Gasteiger partial charge in [-0.25, -0.2) is 9.66 Å². The van der Waals surface area contributed by atoms with Gasteiger partial charge in [-0.05, 0) is 25.2 Å². The third kappa shape index (κ3) is 3.22. The molecule has 6 nitrogen and oxygen atoms in total. The smallest absolute Gasteiger partial charge is 0.269 e. The van der Waals surface area contributed by atoms with Crippen LogP contribution in [0.5, 0.6) is 0 Å². The Kier molecular flexibility index (Phi) is 3.87. The highest BCUT2D eigenvalue weighted by Crippen LogP contribution is 2.16. The van der Waals surface area contributed by atoms with Gasteiger partial charge in [-0.3, -0.25) is 10.2 Å². The Morgan fingerprint density at radius 1 is 1.10 bits per heavy atom. The molecule has 0 unspecified atom stereocenters. The fraction of sp³-hybridized carbons (Fsp3) is 0.333. The van der Waals surface area contributed by atoms with E-state index in [0.717, 1.165) is 31.9 Å². The van der Waals surface area contributed by atoms with Gasteiger partial charge in [-0.15, -0.1) is 0 Å². The number of nitrogens with zero attached hydrogens (tertiary/aromatic N) is 4. The number of likely N-dealkylation sites (N-methyl/N-ethyl adjacent to an activating group) is 1. The summed E-state index contributed by atoms with van der Waals surface area (Å²) < 4.78 is 1.41. The van der Waals surface area contributed by atoms with Crippen LogP contribution in [0.4, 0.5) is 11.5 Å². The standard InChI is InChI=1S/C15H19N5O/c1-18-8-10-19(11-9-18)13-5-6-14(16-12-13)17-20-7-3-2-4-15(20)21/h2-7,12H,8-11H2,1H3,(H,16,17). The molecule has 0 amide bonds. The quantitative estimate of drug-likeness (QED) is 0.907. The van der Waals surface area contributed by atoms with Gasteiger partial charge in [0.05, 0.1) is 11.9 Å². The Morgan fingerprint density at radius 2 is 1.90 bits per heavy atom. The molecular weight excluding hydrogens is 266 g/mol.